The summed E-state index contributed by atoms with van der Waals surface area (Å²) in [6.07, 6.45) is -0.633. The summed E-state index contributed by atoms with van der Waals surface area (Å²) in [5.41, 5.74) is 5.53. The predicted molar refractivity (Wildman–Crippen MR) is 114 cm³/mol. The highest BCUT2D eigenvalue weighted by atomic mass is 32.1. The highest BCUT2D eigenvalue weighted by molar-refractivity contribution is 7.20. The first-order chi connectivity index (χ1) is 14.8. The first-order valence-electron chi connectivity index (χ1n) is 9.36. The number of aromatic nitrogens is 1. The predicted octanol–water partition coefficient (Wildman–Crippen LogP) is 3.23. The minimum Gasteiger partial charge on any atom is -0.475 e. The van der Waals surface area contributed by atoms with Crippen LogP contribution in [-0.2, 0) is 6.42 Å². The Hall–Kier alpha value is -3.08. The van der Waals surface area contributed by atoms with Gasteiger partial charge in [-0.15, -0.1) is 11.3 Å². The van der Waals surface area contributed by atoms with E-state index in [9.17, 15) is 18.7 Å². The van der Waals surface area contributed by atoms with Gasteiger partial charge < -0.3 is 26.0 Å². The van der Waals surface area contributed by atoms with Crippen LogP contribution in [0.4, 0.5) is 19.6 Å². The Bertz CT molecular complexity index is 1070. The van der Waals surface area contributed by atoms with Crippen molar-refractivity contribution in [2.24, 2.45) is 5.73 Å². The van der Waals surface area contributed by atoms with E-state index >= 15 is 0 Å². The molecule has 164 valence electrons. The van der Waals surface area contributed by atoms with E-state index in [-0.39, 0.29) is 46.5 Å². The summed E-state index contributed by atoms with van der Waals surface area (Å²) in [7, 11) is 0. The number of nitrogens with one attached hydrogen (secondary N) is 1. The molecule has 1 aromatic carbocycles. The summed E-state index contributed by atoms with van der Waals surface area (Å²) < 4.78 is 34.6. The van der Waals surface area contributed by atoms with E-state index < -0.39 is 23.6 Å². The number of nitrogens with zero attached hydrogens (tertiary/aromatic N) is 1. The molecule has 2 heterocycles. The number of rotatable bonds is 9. The fraction of sp³-hybridized carbons (Fsp3) is 0.238. The molecule has 7 nitrogen and oxygen atoms in total. The van der Waals surface area contributed by atoms with Crippen LogP contribution in [0.5, 0.6) is 5.88 Å². The summed E-state index contributed by atoms with van der Waals surface area (Å²) in [6, 6.07) is 8.49. The maximum atomic E-state index is 14.7. The molecule has 1 atom stereocenters. The third kappa shape index (κ3) is 5.54. The van der Waals surface area contributed by atoms with Crippen molar-refractivity contribution in [1.82, 2.24) is 4.98 Å². The van der Waals surface area contributed by atoms with Gasteiger partial charge in [0, 0.05) is 10.9 Å². The summed E-state index contributed by atoms with van der Waals surface area (Å²) in [6.45, 7) is 1.42. The summed E-state index contributed by atoms with van der Waals surface area (Å²) in [5, 5.41) is 21.5. The number of aliphatic hydroxyl groups is 2. The Balaban J connectivity index is 1.96. The zero-order valence-corrected chi connectivity index (χ0v) is 17.4. The van der Waals surface area contributed by atoms with E-state index in [2.05, 4.69) is 10.3 Å². The van der Waals surface area contributed by atoms with E-state index in [1.807, 2.05) is 0 Å². The molecule has 0 fully saturated rings. The van der Waals surface area contributed by atoms with E-state index in [1.54, 1.807) is 18.2 Å². The SMILES string of the molecule is CC(O)Cc1cc(F)c(-c2cc(C(N)=O)c(Nc3cccc(OCCO)n3)s2)c(F)c1. The molecule has 3 aromatic rings. The molecule has 0 aliphatic carbocycles. The van der Waals surface area contributed by atoms with E-state index in [0.29, 0.717) is 11.4 Å². The smallest absolute Gasteiger partial charge is 0.251 e. The molecule has 1 unspecified atom stereocenters. The van der Waals surface area contributed by atoms with Gasteiger partial charge in [-0.25, -0.2) is 8.78 Å². The lowest BCUT2D eigenvalue weighted by molar-refractivity contribution is 0.100. The maximum Gasteiger partial charge on any atom is 0.251 e. The van der Waals surface area contributed by atoms with Crippen LogP contribution in [0.2, 0.25) is 0 Å². The van der Waals surface area contributed by atoms with Crippen LogP contribution in [-0.4, -0.2) is 40.4 Å². The Kier molecular flexibility index (Phi) is 7.16. The molecule has 0 radical (unpaired) electrons. The lowest BCUT2D eigenvalue weighted by Gasteiger charge is -2.09. The Morgan fingerprint density at radius 2 is 2.00 bits per heavy atom. The Morgan fingerprint density at radius 1 is 1.29 bits per heavy atom. The van der Waals surface area contributed by atoms with Gasteiger partial charge in [0.25, 0.3) is 5.91 Å². The molecule has 0 saturated carbocycles. The van der Waals surface area contributed by atoms with Gasteiger partial charge >= 0.3 is 0 Å². The fourth-order valence-corrected chi connectivity index (χ4v) is 4.06. The van der Waals surface area contributed by atoms with Gasteiger partial charge in [0.1, 0.15) is 29.1 Å². The number of ether oxygens (including phenoxy) is 1. The fourth-order valence-electron chi connectivity index (χ4n) is 2.94. The average Bonchev–Trinajstić information content (AvgIpc) is 3.09. The number of halogens is 2. The number of anilines is 2. The van der Waals surface area contributed by atoms with E-state index in [1.165, 1.54) is 13.0 Å². The lowest BCUT2D eigenvalue weighted by Crippen LogP contribution is -2.11. The summed E-state index contributed by atoms with van der Waals surface area (Å²) >= 11 is 0.945. The molecule has 0 aliphatic heterocycles. The molecular formula is C21H21F2N3O4S. The molecule has 10 heteroatoms. The quantitative estimate of drug-likeness (QED) is 0.398. The molecule has 3 rings (SSSR count). The number of pyridine rings is 1. The second-order valence-corrected chi connectivity index (χ2v) is 7.82. The van der Waals surface area contributed by atoms with Crippen molar-refractivity contribution in [3.05, 3.63) is 59.2 Å². The van der Waals surface area contributed by atoms with Crippen LogP contribution in [0.1, 0.15) is 22.8 Å². The number of hydrogen-bond donors (Lipinski definition) is 4. The first kappa shape index (κ1) is 22.6. The Morgan fingerprint density at radius 3 is 2.61 bits per heavy atom. The molecular weight excluding hydrogens is 428 g/mol. The second-order valence-electron chi connectivity index (χ2n) is 6.76. The molecule has 1 amide bonds. The number of hydrogen-bond acceptors (Lipinski definition) is 7. The van der Waals surface area contributed by atoms with Crippen LogP contribution in [0, 0.1) is 11.6 Å². The number of carbonyl (C=O) groups excluding carboxylic acids is 1. The number of benzene rings is 1. The van der Waals surface area contributed by atoms with Crippen LogP contribution in [0.3, 0.4) is 0 Å². The van der Waals surface area contributed by atoms with Crippen LogP contribution < -0.4 is 15.8 Å². The number of carbonyl (C=O) groups is 1. The average molecular weight is 449 g/mol. The third-order valence-electron chi connectivity index (χ3n) is 4.18. The molecule has 0 saturated heterocycles. The molecule has 0 bridgehead atoms. The van der Waals surface area contributed by atoms with Gasteiger partial charge in [-0.05, 0) is 43.2 Å². The maximum absolute atomic E-state index is 14.7. The van der Waals surface area contributed by atoms with Gasteiger partial charge in [-0.2, -0.15) is 4.98 Å². The first-order valence-corrected chi connectivity index (χ1v) is 10.2. The summed E-state index contributed by atoms with van der Waals surface area (Å²) in [4.78, 5) is 16.3. The van der Waals surface area contributed by atoms with Crippen molar-refractivity contribution in [3.63, 3.8) is 0 Å². The van der Waals surface area contributed by atoms with Crippen molar-refractivity contribution < 1.29 is 28.5 Å². The highest BCUT2D eigenvalue weighted by Gasteiger charge is 2.21. The van der Waals surface area contributed by atoms with E-state index in [0.717, 1.165) is 23.5 Å². The number of thiophene rings is 1. The number of amides is 1. The number of nitrogens with two attached hydrogens (primary N) is 1. The molecule has 0 spiro atoms. The zero-order chi connectivity index (χ0) is 22.5. The zero-order valence-electron chi connectivity index (χ0n) is 16.6. The minimum absolute atomic E-state index is 0.0512. The molecule has 31 heavy (non-hydrogen) atoms. The van der Waals surface area contributed by atoms with Crippen molar-refractivity contribution in [2.45, 2.75) is 19.4 Å². The van der Waals surface area contributed by atoms with Crippen LogP contribution in [0.25, 0.3) is 10.4 Å². The monoisotopic (exact) mass is 449 g/mol. The molecule has 2 aromatic heterocycles. The van der Waals surface area contributed by atoms with E-state index in [4.69, 9.17) is 15.6 Å². The number of primary amides is 1. The number of aliphatic hydroxyl groups excluding tert-OH is 2. The van der Waals surface area contributed by atoms with Gasteiger partial charge in [-0.3, -0.25) is 4.79 Å². The van der Waals surface area contributed by atoms with Crippen molar-refractivity contribution in [1.29, 1.82) is 0 Å². The standard InChI is InChI=1S/C21H21F2N3O4S/c1-11(28)7-12-8-14(22)19(15(23)9-12)16-10-13(20(24)29)21(31-16)26-17-3-2-4-18(25-17)30-6-5-27/h2-4,8-11,27-28H,5-7H2,1H3,(H2,24,29)(H,25,26). The van der Waals surface area contributed by atoms with Gasteiger partial charge in [0.15, 0.2) is 0 Å². The van der Waals surface area contributed by atoms with Crippen molar-refractivity contribution >= 4 is 28.1 Å². The van der Waals surface area contributed by atoms with Crippen molar-refractivity contribution in [2.75, 3.05) is 18.5 Å². The summed E-state index contributed by atoms with van der Waals surface area (Å²) in [5.74, 6) is -1.82. The van der Waals surface area contributed by atoms with Gasteiger partial charge in [0.05, 0.1) is 23.8 Å². The highest BCUT2D eigenvalue weighted by Crippen LogP contribution is 2.39. The third-order valence-corrected chi connectivity index (χ3v) is 5.25. The van der Waals surface area contributed by atoms with Gasteiger partial charge in [0.2, 0.25) is 5.88 Å². The van der Waals surface area contributed by atoms with Crippen molar-refractivity contribution in [3.8, 4) is 16.3 Å². The largest absolute Gasteiger partial charge is 0.475 e. The minimum atomic E-state index is -0.808. The Labute approximate surface area is 181 Å². The molecule has 5 N–H and O–H groups in total. The molecule has 0 aliphatic rings. The van der Waals surface area contributed by atoms with Gasteiger partial charge in [-0.1, -0.05) is 6.07 Å². The lowest BCUT2D eigenvalue weighted by atomic mass is 10.0. The second kappa shape index (κ2) is 9.82. The normalized spacial score (nSPS) is 11.9. The van der Waals surface area contributed by atoms with Crippen LogP contribution >= 0.6 is 11.3 Å². The topological polar surface area (TPSA) is 118 Å². The van der Waals surface area contributed by atoms with Crippen LogP contribution in [0.15, 0.2) is 36.4 Å².